The number of aromatic nitrogens is 5. The number of hydrogen-bond acceptors (Lipinski definition) is 8. The van der Waals surface area contributed by atoms with Crippen LogP contribution in [0.15, 0.2) is 41.6 Å². The summed E-state index contributed by atoms with van der Waals surface area (Å²) >= 11 is 0. The predicted molar refractivity (Wildman–Crippen MR) is 129 cm³/mol. The van der Waals surface area contributed by atoms with Crippen LogP contribution < -0.4 is 10.0 Å². The highest BCUT2D eigenvalue weighted by atomic mass is 32.2. The van der Waals surface area contributed by atoms with Gasteiger partial charge in [0.15, 0.2) is 16.5 Å². The van der Waals surface area contributed by atoms with Gasteiger partial charge in [0.05, 0.1) is 16.8 Å². The maximum absolute atomic E-state index is 14.9. The molecule has 0 aliphatic rings. The van der Waals surface area contributed by atoms with Gasteiger partial charge in [0, 0.05) is 24.8 Å². The van der Waals surface area contributed by atoms with Crippen LogP contribution in [-0.2, 0) is 10.0 Å². The summed E-state index contributed by atoms with van der Waals surface area (Å²) in [6.45, 7) is 5.03. The lowest BCUT2D eigenvalue weighted by atomic mass is 10.2. The van der Waals surface area contributed by atoms with E-state index < -0.39 is 15.8 Å². The van der Waals surface area contributed by atoms with Gasteiger partial charge in [0.1, 0.15) is 11.6 Å². The van der Waals surface area contributed by atoms with E-state index in [1.54, 1.807) is 19.1 Å². The van der Waals surface area contributed by atoms with Crippen molar-refractivity contribution >= 4 is 32.6 Å². The molecule has 3 aromatic heterocycles. The van der Waals surface area contributed by atoms with E-state index in [2.05, 4.69) is 35.2 Å². The number of anilines is 2. The summed E-state index contributed by atoms with van der Waals surface area (Å²) in [4.78, 5) is 15.0. The standard InChI is InChI=1S/C22H25FN8O2S/c1-13-7-8-24-18(11-13)34(32,33)30-17-6-5-15(12-16(17)23)20-26-21(25-9-10-31(3)4)19-14(2)28-29-22(19)27-20/h5-8,11-12,30H,9-10H2,1-4H3,(H2,25,26,27,28,29). The van der Waals surface area contributed by atoms with Crippen LogP contribution >= 0.6 is 0 Å². The fraction of sp³-hybridized carbons (Fsp3) is 0.273. The maximum atomic E-state index is 14.9. The molecule has 0 spiro atoms. The van der Waals surface area contributed by atoms with Gasteiger partial charge in [-0.05, 0) is 63.8 Å². The average molecular weight is 485 g/mol. The van der Waals surface area contributed by atoms with Crippen LogP contribution in [0.25, 0.3) is 22.4 Å². The SMILES string of the molecule is Cc1ccnc(S(=O)(=O)Nc2ccc(-c3nc(NCCN(C)C)c4c(C)n[nH]c4n3)cc2F)c1. The van der Waals surface area contributed by atoms with Crippen LogP contribution in [0.3, 0.4) is 0 Å². The van der Waals surface area contributed by atoms with Gasteiger partial charge in [-0.1, -0.05) is 0 Å². The van der Waals surface area contributed by atoms with E-state index in [9.17, 15) is 12.8 Å². The molecule has 3 heterocycles. The quantitative estimate of drug-likeness (QED) is 0.348. The molecule has 0 aliphatic heterocycles. The van der Waals surface area contributed by atoms with Gasteiger partial charge in [-0.25, -0.2) is 19.3 Å². The van der Waals surface area contributed by atoms with E-state index in [4.69, 9.17) is 0 Å². The number of benzene rings is 1. The van der Waals surface area contributed by atoms with Gasteiger partial charge in [0.2, 0.25) is 0 Å². The monoisotopic (exact) mass is 484 g/mol. The van der Waals surface area contributed by atoms with Gasteiger partial charge in [0.25, 0.3) is 10.0 Å². The second-order valence-corrected chi connectivity index (χ2v) is 9.76. The second kappa shape index (κ2) is 9.31. The van der Waals surface area contributed by atoms with E-state index in [-0.39, 0.29) is 16.5 Å². The molecule has 1 aromatic carbocycles. The Kier molecular flexibility index (Phi) is 6.44. The third kappa shape index (κ3) is 4.97. The van der Waals surface area contributed by atoms with E-state index in [0.29, 0.717) is 23.6 Å². The fourth-order valence-electron chi connectivity index (χ4n) is 3.32. The molecule has 0 aliphatic carbocycles. The van der Waals surface area contributed by atoms with Crippen LogP contribution in [0, 0.1) is 19.7 Å². The zero-order valence-corrected chi connectivity index (χ0v) is 20.0. The number of H-pyrrole nitrogens is 1. The van der Waals surface area contributed by atoms with Crippen molar-refractivity contribution in [2.75, 3.05) is 37.2 Å². The van der Waals surface area contributed by atoms with Crippen molar-refractivity contribution in [3.8, 4) is 11.4 Å². The topological polar surface area (TPSA) is 129 Å². The number of nitrogens with zero attached hydrogens (tertiary/aromatic N) is 5. The Labute approximate surface area is 196 Å². The highest BCUT2D eigenvalue weighted by molar-refractivity contribution is 7.92. The molecule has 0 saturated carbocycles. The van der Waals surface area contributed by atoms with Crippen molar-refractivity contribution in [2.24, 2.45) is 0 Å². The Morgan fingerprint density at radius 1 is 1.12 bits per heavy atom. The minimum atomic E-state index is -4.05. The Hall–Kier alpha value is -3.64. The third-order valence-electron chi connectivity index (χ3n) is 5.09. The number of aryl methyl sites for hydroxylation is 2. The minimum Gasteiger partial charge on any atom is -0.368 e. The van der Waals surface area contributed by atoms with Crippen LogP contribution in [0.2, 0.25) is 0 Å². The Morgan fingerprint density at radius 2 is 1.91 bits per heavy atom. The molecule has 0 unspecified atom stereocenters. The van der Waals surface area contributed by atoms with Crippen LogP contribution in [0.1, 0.15) is 11.3 Å². The molecule has 34 heavy (non-hydrogen) atoms. The van der Waals surface area contributed by atoms with Gasteiger partial charge >= 0.3 is 0 Å². The first-order valence-corrected chi connectivity index (χ1v) is 12.0. The summed E-state index contributed by atoms with van der Waals surface area (Å²) in [7, 11) is -0.102. The van der Waals surface area contributed by atoms with E-state index >= 15 is 0 Å². The number of pyridine rings is 1. The Balaban J connectivity index is 1.65. The lowest BCUT2D eigenvalue weighted by Gasteiger charge is -2.13. The second-order valence-electron chi connectivity index (χ2n) is 8.13. The normalized spacial score (nSPS) is 11.8. The number of hydrogen-bond donors (Lipinski definition) is 3. The van der Waals surface area contributed by atoms with Crippen molar-refractivity contribution in [3.05, 3.63) is 53.6 Å². The predicted octanol–water partition coefficient (Wildman–Crippen LogP) is 2.95. The highest BCUT2D eigenvalue weighted by Gasteiger charge is 2.19. The molecular formula is C22H25FN8O2S. The summed E-state index contributed by atoms with van der Waals surface area (Å²) in [6, 6.07) is 7.17. The van der Waals surface area contributed by atoms with Crippen molar-refractivity contribution in [1.82, 2.24) is 30.0 Å². The molecule has 0 fully saturated rings. The molecule has 0 radical (unpaired) electrons. The fourth-order valence-corrected chi connectivity index (χ4v) is 4.42. The molecular weight excluding hydrogens is 459 g/mol. The highest BCUT2D eigenvalue weighted by Crippen LogP contribution is 2.28. The first kappa shape index (κ1) is 23.5. The molecule has 10 nitrogen and oxygen atoms in total. The maximum Gasteiger partial charge on any atom is 0.279 e. The summed E-state index contributed by atoms with van der Waals surface area (Å²) in [6.07, 6.45) is 1.39. The van der Waals surface area contributed by atoms with Gasteiger partial charge in [-0.15, -0.1) is 0 Å². The molecule has 4 aromatic rings. The molecule has 3 N–H and O–H groups in total. The number of fused-ring (bicyclic) bond motifs is 1. The molecule has 0 amide bonds. The van der Waals surface area contributed by atoms with Gasteiger partial charge < -0.3 is 10.2 Å². The number of rotatable bonds is 8. The van der Waals surface area contributed by atoms with Crippen molar-refractivity contribution in [2.45, 2.75) is 18.9 Å². The van der Waals surface area contributed by atoms with Gasteiger partial charge in [-0.2, -0.15) is 13.5 Å². The van der Waals surface area contributed by atoms with Crippen molar-refractivity contribution in [3.63, 3.8) is 0 Å². The number of sulfonamides is 1. The van der Waals surface area contributed by atoms with Crippen LogP contribution in [0.4, 0.5) is 15.9 Å². The first-order valence-electron chi connectivity index (χ1n) is 10.5. The number of nitrogens with one attached hydrogen (secondary N) is 3. The summed E-state index contributed by atoms with van der Waals surface area (Å²) in [5.41, 5.74) is 2.18. The lowest BCUT2D eigenvalue weighted by Crippen LogP contribution is -2.21. The largest absolute Gasteiger partial charge is 0.368 e. The molecule has 4 rings (SSSR count). The van der Waals surface area contributed by atoms with E-state index in [1.807, 2.05) is 25.9 Å². The summed E-state index contributed by atoms with van der Waals surface area (Å²) in [5.74, 6) is 0.0984. The Bertz CT molecular complexity index is 1450. The van der Waals surface area contributed by atoms with Crippen LogP contribution in [-0.4, -0.2) is 65.7 Å². The zero-order valence-electron chi connectivity index (χ0n) is 19.2. The van der Waals surface area contributed by atoms with Crippen molar-refractivity contribution in [1.29, 1.82) is 0 Å². The number of halogens is 1. The summed E-state index contributed by atoms with van der Waals surface area (Å²) < 4.78 is 42.4. The molecule has 12 heteroatoms. The van der Waals surface area contributed by atoms with Gasteiger partial charge in [-0.3, -0.25) is 9.82 Å². The third-order valence-corrected chi connectivity index (χ3v) is 6.35. The zero-order chi connectivity index (χ0) is 24.5. The average Bonchev–Trinajstić information content (AvgIpc) is 3.15. The number of likely N-dealkylation sites (N-methyl/N-ethyl adjacent to an activating group) is 1. The molecule has 0 atom stereocenters. The first-order chi connectivity index (χ1) is 16.1. The number of aromatic amines is 1. The van der Waals surface area contributed by atoms with E-state index in [0.717, 1.165) is 23.2 Å². The smallest absolute Gasteiger partial charge is 0.279 e. The minimum absolute atomic E-state index is 0.187. The molecule has 178 valence electrons. The van der Waals surface area contributed by atoms with Crippen molar-refractivity contribution < 1.29 is 12.8 Å². The molecule has 0 saturated heterocycles. The van der Waals surface area contributed by atoms with E-state index in [1.165, 1.54) is 24.4 Å². The summed E-state index contributed by atoms with van der Waals surface area (Å²) in [5, 5.41) is 10.9. The lowest BCUT2D eigenvalue weighted by molar-refractivity contribution is 0.425. The Morgan fingerprint density at radius 3 is 2.62 bits per heavy atom. The van der Waals surface area contributed by atoms with Crippen LogP contribution in [0.5, 0.6) is 0 Å². The molecule has 0 bridgehead atoms.